The van der Waals surface area contributed by atoms with Crippen molar-refractivity contribution >= 4 is 17.7 Å². The molecule has 0 amide bonds. The minimum atomic E-state index is -1.82. The summed E-state index contributed by atoms with van der Waals surface area (Å²) in [5.41, 5.74) is 2.01. The van der Waals surface area contributed by atoms with E-state index >= 15 is 0 Å². The molecule has 1 saturated heterocycles. The second-order valence-electron chi connectivity index (χ2n) is 8.39. The predicted molar refractivity (Wildman–Crippen MR) is 123 cm³/mol. The summed E-state index contributed by atoms with van der Waals surface area (Å²) in [4.78, 5) is 33.2. The van der Waals surface area contributed by atoms with Crippen molar-refractivity contribution in [2.75, 3.05) is 39.6 Å². The van der Waals surface area contributed by atoms with Crippen molar-refractivity contribution in [2.24, 2.45) is 0 Å². The van der Waals surface area contributed by atoms with Crippen LogP contribution in [0.25, 0.3) is 0 Å². The van der Waals surface area contributed by atoms with E-state index < -0.39 is 11.9 Å². The molecule has 10 nitrogen and oxygen atoms in total. The SMILES string of the molecule is O=C(CCCN1CCC(c2ccc3c(c2)OCO3)C1)c1ccc2c(c1)OCCO2.O=C(O)C(=O)O. The minimum Gasteiger partial charge on any atom is -0.486 e. The topological polar surface area (TPSA) is 132 Å². The minimum absolute atomic E-state index is 0.161. The van der Waals surface area contributed by atoms with Gasteiger partial charge in [-0.25, -0.2) is 9.59 Å². The number of fused-ring (bicyclic) bond motifs is 2. The number of benzene rings is 2. The van der Waals surface area contributed by atoms with E-state index in [1.165, 1.54) is 5.56 Å². The smallest absolute Gasteiger partial charge is 0.414 e. The van der Waals surface area contributed by atoms with Crippen LogP contribution in [0.15, 0.2) is 36.4 Å². The zero-order valence-corrected chi connectivity index (χ0v) is 19.1. The largest absolute Gasteiger partial charge is 0.486 e. The van der Waals surface area contributed by atoms with E-state index in [2.05, 4.69) is 17.0 Å². The van der Waals surface area contributed by atoms with Crippen LogP contribution in [0.1, 0.15) is 41.1 Å². The lowest BCUT2D eigenvalue weighted by molar-refractivity contribution is -0.159. The Kier molecular flexibility index (Phi) is 7.71. The van der Waals surface area contributed by atoms with Gasteiger partial charge in [-0.15, -0.1) is 0 Å². The molecular weight excluding hydrogens is 458 g/mol. The number of carbonyl (C=O) groups excluding carboxylic acids is 1. The Hall–Kier alpha value is -3.79. The molecule has 2 N–H and O–H groups in total. The van der Waals surface area contributed by atoms with E-state index in [1.807, 2.05) is 24.3 Å². The van der Waals surface area contributed by atoms with E-state index in [9.17, 15) is 4.79 Å². The van der Waals surface area contributed by atoms with Crippen molar-refractivity contribution < 1.29 is 43.5 Å². The Morgan fingerprint density at radius 3 is 2.29 bits per heavy atom. The third kappa shape index (κ3) is 6.21. The first-order chi connectivity index (χ1) is 16.9. The van der Waals surface area contributed by atoms with Crippen LogP contribution in [0.2, 0.25) is 0 Å². The lowest BCUT2D eigenvalue weighted by Gasteiger charge is -2.19. The highest BCUT2D eigenvalue weighted by molar-refractivity contribution is 6.27. The molecular formula is C25H27NO9. The number of Topliss-reactive ketones (excluding diaryl/α,β-unsaturated/α-hetero) is 1. The lowest BCUT2D eigenvalue weighted by atomic mass is 9.98. The van der Waals surface area contributed by atoms with Crippen LogP contribution in [0.3, 0.4) is 0 Å². The number of ketones is 1. The van der Waals surface area contributed by atoms with Gasteiger partial charge in [-0.1, -0.05) is 6.07 Å². The molecule has 0 radical (unpaired) electrons. The third-order valence-electron chi connectivity index (χ3n) is 6.07. The summed E-state index contributed by atoms with van der Waals surface area (Å²) in [5.74, 6) is 0.108. The summed E-state index contributed by atoms with van der Waals surface area (Å²) in [5, 5.41) is 14.8. The van der Waals surface area contributed by atoms with Crippen molar-refractivity contribution in [2.45, 2.75) is 25.2 Å². The highest BCUT2D eigenvalue weighted by Gasteiger charge is 2.25. The molecule has 0 aromatic heterocycles. The molecule has 0 spiro atoms. The van der Waals surface area contributed by atoms with Gasteiger partial charge in [0.2, 0.25) is 6.79 Å². The molecule has 3 aliphatic heterocycles. The van der Waals surface area contributed by atoms with E-state index in [-0.39, 0.29) is 5.78 Å². The summed E-state index contributed by atoms with van der Waals surface area (Å²) in [6.07, 6.45) is 2.54. The quantitative estimate of drug-likeness (QED) is 0.465. The Morgan fingerprint density at radius 1 is 0.857 bits per heavy atom. The van der Waals surface area contributed by atoms with E-state index in [0.717, 1.165) is 49.7 Å². The summed E-state index contributed by atoms with van der Waals surface area (Å²) >= 11 is 0. The maximum absolute atomic E-state index is 12.6. The van der Waals surface area contributed by atoms with Crippen molar-refractivity contribution in [1.29, 1.82) is 0 Å². The predicted octanol–water partition coefficient (Wildman–Crippen LogP) is 2.79. The first-order valence-electron chi connectivity index (χ1n) is 11.4. The molecule has 5 rings (SSSR count). The molecule has 1 unspecified atom stereocenters. The fraction of sp³-hybridized carbons (Fsp3) is 0.400. The lowest BCUT2D eigenvalue weighted by Crippen LogP contribution is -2.22. The van der Waals surface area contributed by atoms with Gasteiger partial charge >= 0.3 is 11.9 Å². The van der Waals surface area contributed by atoms with E-state index in [0.29, 0.717) is 43.7 Å². The molecule has 1 fully saturated rings. The number of hydrogen-bond donors (Lipinski definition) is 2. The molecule has 0 aliphatic carbocycles. The van der Waals surface area contributed by atoms with E-state index in [1.54, 1.807) is 0 Å². The maximum Gasteiger partial charge on any atom is 0.414 e. The number of likely N-dealkylation sites (tertiary alicyclic amines) is 1. The number of carboxylic acids is 2. The third-order valence-corrected chi connectivity index (χ3v) is 6.07. The standard InChI is InChI=1S/C23H25NO5.C2H2O4/c25-19(17-4-6-20-22(13-17)27-11-10-26-20)2-1-8-24-9-7-18(14-24)16-3-5-21-23(12-16)29-15-28-21;3-1(4)2(5)6/h3-6,12-13,18H,1-2,7-11,14-15H2;(H,3,4)(H,5,6). The number of ether oxygens (including phenoxy) is 4. The summed E-state index contributed by atoms with van der Waals surface area (Å²) in [7, 11) is 0. The number of carbonyl (C=O) groups is 3. The maximum atomic E-state index is 12.6. The summed E-state index contributed by atoms with van der Waals surface area (Å²) < 4.78 is 22.0. The van der Waals surface area contributed by atoms with Crippen LogP contribution in [0, 0.1) is 0 Å². The van der Waals surface area contributed by atoms with Crippen molar-refractivity contribution in [3.05, 3.63) is 47.5 Å². The average molecular weight is 485 g/mol. The van der Waals surface area contributed by atoms with Crippen molar-refractivity contribution in [3.63, 3.8) is 0 Å². The van der Waals surface area contributed by atoms with Gasteiger partial charge in [-0.3, -0.25) is 4.79 Å². The molecule has 3 aliphatic rings. The molecule has 10 heteroatoms. The van der Waals surface area contributed by atoms with Crippen LogP contribution in [0.5, 0.6) is 23.0 Å². The zero-order chi connectivity index (χ0) is 24.8. The normalized spacial score (nSPS) is 17.9. The highest BCUT2D eigenvalue weighted by Crippen LogP contribution is 2.37. The second-order valence-corrected chi connectivity index (χ2v) is 8.39. The second kappa shape index (κ2) is 11.1. The van der Waals surface area contributed by atoms with Gasteiger partial charge in [-0.2, -0.15) is 0 Å². The first-order valence-corrected chi connectivity index (χ1v) is 11.4. The Labute approximate surface area is 202 Å². The first kappa shape index (κ1) is 24.3. The fourth-order valence-corrected chi connectivity index (χ4v) is 4.30. The number of carboxylic acid groups (broad SMARTS) is 2. The summed E-state index contributed by atoms with van der Waals surface area (Å²) in [6, 6.07) is 11.7. The fourth-order valence-electron chi connectivity index (χ4n) is 4.30. The Morgan fingerprint density at radius 2 is 1.51 bits per heavy atom. The van der Waals surface area contributed by atoms with Crippen LogP contribution in [-0.2, 0) is 9.59 Å². The molecule has 186 valence electrons. The number of rotatable bonds is 6. The number of hydrogen-bond acceptors (Lipinski definition) is 8. The highest BCUT2D eigenvalue weighted by atomic mass is 16.7. The number of nitrogens with zero attached hydrogens (tertiary/aromatic N) is 1. The molecule has 1 atom stereocenters. The van der Waals surface area contributed by atoms with Gasteiger partial charge in [0.15, 0.2) is 28.8 Å². The molecule has 2 aromatic carbocycles. The molecule has 0 saturated carbocycles. The van der Waals surface area contributed by atoms with Crippen LogP contribution in [0.4, 0.5) is 0 Å². The average Bonchev–Trinajstić information content (AvgIpc) is 3.53. The van der Waals surface area contributed by atoms with Crippen LogP contribution >= 0.6 is 0 Å². The van der Waals surface area contributed by atoms with Gasteiger partial charge in [0.25, 0.3) is 0 Å². The van der Waals surface area contributed by atoms with Gasteiger partial charge in [0.1, 0.15) is 13.2 Å². The van der Waals surface area contributed by atoms with Crippen molar-refractivity contribution in [1.82, 2.24) is 4.90 Å². The summed E-state index contributed by atoms with van der Waals surface area (Å²) in [6.45, 7) is 4.44. The Bertz CT molecular complexity index is 1090. The molecule has 35 heavy (non-hydrogen) atoms. The van der Waals surface area contributed by atoms with Gasteiger partial charge in [-0.05, 0) is 67.7 Å². The Balaban J connectivity index is 0.000000431. The van der Waals surface area contributed by atoms with Gasteiger partial charge in [0.05, 0.1) is 0 Å². The molecule has 2 aromatic rings. The van der Waals surface area contributed by atoms with Crippen molar-refractivity contribution in [3.8, 4) is 23.0 Å². The number of aliphatic carboxylic acids is 2. The van der Waals surface area contributed by atoms with Crippen LogP contribution < -0.4 is 18.9 Å². The van der Waals surface area contributed by atoms with Gasteiger partial charge in [0, 0.05) is 18.5 Å². The van der Waals surface area contributed by atoms with E-state index in [4.69, 9.17) is 38.7 Å². The monoisotopic (exact) mass is 485 g/mol. The van der Waals surface area contributed by atoms with Crippen LogP contribution in [-0.4, -0.2) is 72.5 Å². The molecule has 3 heterocycles. The molecule has 0 bridgehead atoms. The zero-order valence-electron chi connectivity index (χ0n) is 19.1. The van der Waals surface area contributed by atoms with Gasteiger partial charge < -0.3 is 34.1 Å².